The van der Waals surface area contributed by atoms with Gasteiger partial charge in [0.1, 0.15) is 0 Å². The van der Waals surface area contributed by atoms with Crippen molar-refractivity contribution in [3.05, 3.63) is 52.0 Å². The highest BCUT2D eigenvalue weighted by Gasteiger charge is 2.30. The van der Waals surface area contributed by atoms with Crippen LogP contribution in [0.5, 0.6) is 0 Å². The average Bonchev–Trinajstić information content (AvgIpc) is 3.20. The number of anilines is 2. The Labute approximate surface area is 154 Å². The van der Waals surface area contributed by atoms with E-state index in [9.17, 15) is 4.79 Å². The monoisotopic (exact) mass is 372 g/mol. The zero-order chi connectivity index (χ0) is 17.6. The molecule has 128 valence electrons. The Morgan fingerprint density at radius 2 is 2.08 bits per heavy atom. The summed E-state index contributed by atoms with van der Waals surface area (Å²) in [5.74, 6) is -0.395. The van der Waals surface area contributed by atoms with E-state index in [0.29, 0.717) is 16.6 Å². The summed E-state index contributed by atoms with van der Waals surface area (Å²) < 4.78 is 2.20. The first kappa shape index (κ1) is 16.2. The zero-order valence-corrected chi connectivity index (χ0v) is 15.2. The smallest absolute Gasteiger partial charge is 0.250 e. The molecule has 1 amide bonds. The van der Waals surface area contributed by atoms with Crippen LogP contribution < -0.4 is 11.1 Å². The lowest BCUT2D eigenvalue weighted by Crippen LogP contribution is -2.12. The molecular weight excluding hydrogens is 356 g/mol. The van der Waals surface area contributed by atoms with Crippen LogP contribution in [0.2, 0.25) is 5.02 Å². The summed E-state index contributed by atoms with van der Waals surface area (Å²) >= 11 is 7.44. The molecule has 0 spiro atoms. The number of benzene rings is 1. The van der Waals surface area contributed by atoms with E-state index in [1.165, 1.54) is 11.3 Å². The second kappa shape index (κ2) is 6.20. The molecule has 1 aromatic carbocycles. The third-order valence-electron chi connectivity index (χ3n) is 4.33. The fourth-order valence-corrected chi connectivity index (χ4v) is 3.83. The van der Waals surface area contributed by atoms with Gasteiger partial charge in [-0.3, -0.25) is 4.79 Å². The van der Waals surface area contributed by atoms with Gasteiger partial charge in [-0.1, -0.05) is 11.6 Å². The molecule has 2 heterocycles. The van der Waals surface area contributed by atoms with Crippen molar-refractivity contribution in [1.29, 1.82) is 0 Å². The Bertz CT molecular complexity index is 941. The van der Waals surface area contributed by atoms with E-state index in [4.69, 9.17) is 17.3 Å². The van der Waals surface area contributed by atoms with Crippen LogP contribution in [0.4, 0.5) is 10.8 Å². The number of aromatic nitrogens is 2. The van der Waals surface area contributed by atoms with Crippen molar-refractivity contribution in [3.63, 3.8) is 0 Å². The van der Waals surface area contributed by atoms with E-state index in [2.05, 4.69) is 14.9 Å². The Morgan fingerprint density at radius 1 is 1.36 bits per heavy atom. The molecule has 1 aliphatic rings. The van der Waals surface area contributed by atoms with E-state index in [-0.39, 0.29) is 0 Å². The number of nitrogens with one attached hydrogen (secondary N) is 1. The van der Waals surface area contributed by atoms with Crippen LogP contribution >= 0.6 is 22.9 Å². The van der Waals surface area contributed by atoms with Gasteiger partial charge in [-0.25, -0.2) is 4.98 Å². The molecule has 3 N–H and O–H groups in total. The summed E-state index contributed by atoms with van der Waals surface area (Å²) in [4.78, 5) is 16.4. The predicted molar refractivity (Wildman–Crippen MR) is 102 cm³/mol. The van der Waals surface area contributed by atoms with Crippen molar-refractivity contribution in [2.45, 2.75) is 25.8 Å². The fourth-order valence-electron chi connectivity index (χ4n) is 2.98. The highest BCUT2D eigenvalue weighted by molar-refractivity contribution is 7.14. The lowest BCUT2D eigenvalue weighted by Gasteiger charge is -2.08. The number of thiazole rings is 1. The molecule has 1 saturated carbocycles. The topological polar surface area (TPSA) is 72.9 Å². The van der Waals surface area contributed by atoms with Crippen LogP contribution in [0.3, 0.4) is 0 Å². The van der Waals surface area contributed by atoms with Gasteiger partial charge in [0.2, 0.25) is 0 Å². The largest absolute Gasteiger partial charge is 0.366 e. The quantitative estimate of drug-likeness (QED) is 0.678. The average molecular weight is 373 g/mol. The third kappa shape index (κ3) is 3.15. The third-order valence-corrected chi connectivity index (χ3v) is 5.34. The normalized spacial score (nSPS) is 13.8. The number of carbonyl (C=O) groups is 1. The van der Waals surface area contributed by atoms with Gasteiger partial charge in [0.05, 0.1) is 17.0 Å². The summed E-state index contributed by atoms with van der Waals surface area (Å²) in [5.41, 5.74) is 9.75. The minimum atomic E-state index is -0.395. The van der Waals surface area contributed by atoms with Gasteiger partial charge in [0.25, 0.3) is 5.91 Å². The molecule has 7 heteroatoms. The first-order valence-electron chi connectivity index (χ1n) is 8.03. The van der Waals surface area contributed by atoms with Crippen molar-refractivity contribution in [3.8, 4) is 11.4 Å². The highest BCUT2D eigenvalue weighted by Crippen LogP contribution is 2.42. The molecule has 0 saturated heterocycles. The molecule has 25 heavy (non-hydrogen) atoms. The van der Waals surface area contributed by atoms with E-state index in [1.54, 1.807) is 0 Å². The highest BCUT2D eigenvalue weighted by atomic mass is 35.5. The molecule has 0 unspecified atom stereocenters. The number of halogens is 1. The predicted octanol–water partition coefficient (Wildman–Crippen LogP) is 4.75. The van der Waals surface area contributed by atoms with Gasteiger partial charge in [-0.15, -0.1) is 11.3 Å². The van der Waals surface area contributed by atoms with E-state index >= 15 is 0 Å². The Kier molecular flexibility index (Phi) is 4.01. The van der Waals surface area contributed by atoms with Gasteiger partial charge >= 0.3 is 0 Å². The molecule has 4 rings (SSSR count). The molecular formula is C18H17ClN4OS. The molecule has 1 aliphatic carbocycles. The second-order valence-electron chi connectivity index (χ2n) is 6.16. The molecule has 3 aromatic rings. The van der Waals surface area contributed by atoms with E-state index in [1.807, 2.05) is 42.6 Å². The molecule has 2 aromatic heterocycles. The Morgan fingerprint density at radius 3 is 2.72 bits per heavy atom. The Hall–Kier alpha value is -2.31. The molecule has 0 aliphatic heterocycles. The molecule has 0 radical (unpaired) electrons. The molecule has 1 fully saturated rings. The van der Waals surface area contributed by atoms with Crippen molar-refractivity contribution < 1.29 is 4.79 Å². The minimum absolute atomic E-state index is 0.395. The summed E-state index contributed by atoms with van der Waals surface area (Å²) in [6.45, 7) is 1.95. The van der Waals surface area contributed by atoms with Crippen LogP contribution in [0.1, 0.15) is 34.9 Å². The number of nitrogens with zero attached hydrogens (tertiary/aromatic N) is 2. The zero-order valence-electron chi connectivity index (χ0n) is 13.6. The number of primary amides is 1. The van der Waals surface area contributed by atoms with Crippen LogP contribution in [0, 0.1) is 6.92 Å². The molecule has 0 bridgehead atoms. The van der Waals surface area contributed by atoms with E-state index < -0.39 is 5.91 Å². The standard InChI is InChI=1S/C18H17ClN4OS/c1-10-14(17(20)24)8-16(23(10)13-6-7-13)15-9-25-18(22-15)21-12-4-2-11(19)3-5-12/h2-5,8-9,13H,6-7H2,1H3,(H2,20,24)(H,21,22). The SMILES string of the molecule is Cc1c(C(N)=O)cc(-c2csc(Nc3ccc(Cl)cc3)n2)n1C1CC1. The molecule has 5 nitrogen and oxygen atoms in total. The number of nitrogens with two attached hydrogens (primary N) is 1. The van der Waals surface area contributed by atoms with Crippen molar-refractivity contribution >= 4 is 39.7 Å². The maximum absolute atomic E-state index is 11.7. The summed E-state index contributed by atoms with van der Waals surface area (Å²) in [6.07, 6.45) is 2.25. The minimum Gasteiger partial charge on any atom is -0.366 e. The van der Waals surface area contributed by atoms with Gasteiger partial charge in [-0.2, -0.15) is 0 Å². The number of carbonyl (C=O) groups excluding carboxylic acids is 1. The summed E-state index contributed by atoms with van der Waals surface area (Å²) in [6, 6.07) is 9.78. The number of rotatable bonds is 5. The van der Waals surface area contributed by atoms with Gasteiger partial charge in [0, 0.05) is 27.8 Å². The maximum atomic E-state index is 11.7. The molecule has 0 atom stereocenters. The summed E-state index contributed by atoms with van der Waals surface area (Å²) in [5, 5.41) is 6.76. The maximum Gasteiger partial charge on any atom is 0.250 e. The van der Waals surface area contributed by atoms with Gasteiger partial charge in [0.15, 0.2) is 5.13 Å². The van der Waals surface area contributed by atoms with Gasteiger partial charge in [-0.05, 0) is 50.1 Å². The first-order valence-corrected chi connectivity index (χ1v) is 9.29. The number of amides is 1. The summed E-state index contributed by atoms with van der Waals surface area (Å²) in [7, 11) is 0. The van der Waals surface area contributed by atoms with Crippen LogP contribution in [-0.4, -0.2) is 15.5 Å². The van der Waals surface area contributed by atoms with E-state index in [0.717, 1.165) is 40.7 Å². The first-order chi connectivity index (χ1) is 12.0. The van der Waals surface area contributed by atoms with Crippen LogP contribution in [0.25, 0.3) is 11.4 Å². The lowest BCUT2D eigenvalue weighted by atomic mass is 10.2. The number of hydrogen-bond acceptors (Lipinski definition) is 4. The van der Waals surface area contributed by atoms with Crippen molar-refractivity contribution in [1.82, 2.24) is 9.55 Å². The number of hydrogen-bond donors (Lipinski definition) is 2. The Balaban J connectivity index is 1.67. The lowest BCUT2D eigenvalue weighted by molar-refractivity contribution is 0.0999. The second-order valence-corrected chi connectivity index (χ2v) is 7.46. The fraction of sp³-hybridized carbons (Fsp3) is 0.222. The van der Waals surface area contributed by atoms with Crippen LogP contribution in [-0.2, 0) is 0 Å². The van der Waals surface area contributed by atoms with Crippen LogP contribution in [0.15, 0.2) is 35.7 Å². The van der Waals surface area contributed by atoms with Gasteiger partial charge < -0.3 is 15.6 Å². The van der Waals surface area contributed by atoms with Crippen molar-refractivity contribution in [2.24, 2.45) is 5.73 Å². The van der Waals surface area contributed by atoms with Crippen molar-refractivity contribution in [2.75, 3.05) is 5.32 Å².